The number of nitrogens with zero attached hydrogens (tertiary/aromatic N) is 1. The first-order chi connectivity index (χ1) is 8.08. The second kappa shape index (κ2) is 6.50. The van der Waals surface area contributed by atoms with E-state index in [-0.39, 0.29) is 0 Å². The molecule has 0 bridgehead atoms. The van der Waals surface area contributed by atoms with Crippen LogP contribution in [0.2, 0.25) is 0 Å². The van der Waals surface area contributed by atoms with Crippen molar-refractivity contribution < 1.29 is 4.74 Å². The smallest absolute Gasteiger partial charge is 0.125 e. The Morgan fingerprint density at radius 2 is 1.65 bits per heavy atom. The van der Waals surface area contributed by atoms with E-state index < -0.39 is 0 Å². The fourth-order valence-corrected chi connectivity index (χ4v) is 2.03. The first kappa shape index (κ1) is 13.8. The van der Waals surface area contributed by atoms with Crippen molar-refractivity contribution in [3.05, 3.63) is 23.3 Å². The molecule has 0 fully saturated rings. The monoisotopic (exact) mass is 236 g/mol. The summed E-state index contributed by atoms with van der Waals surface area (Å²) >= 11 is 0. The minimum atomic E-state index is 0.729. The fraction of sp³-hybridized carbons (Fsp3) is 0.571. The number of ether oxygens (including phenoxy) is 1. The largest absolute Gasteiger partial charge is 0.492 e. The Morgan fingerprint density at radius 1 is 1.12 bits per heavy atom. The zero-order valence-corrected chi connectivity index (χ0v) is 11.4. The van der Waals surface area contributed by atoms with Crippen LogP contribution in [0.15, 0.2) is 12.1 Å². The van der Waals surface area contributed by atoms with Crippen molar-refractivity contribution in [2.75, 3.05) is 32.0 Å². The molecule has 3 heteroatoms. The summed E-state index contributed by atoms with van der Waals surface area (Å²) in [6, 6.07) is 3.92. The Kier molecular flexibility index (Phi) is 5.29. The summed E-state index contributed by atoms with van der Waals surface area (Å²) in [5.41, 5.74) is 8.81. The third-order valence-electron chi connectivity index (χ3n) is 3.03. The van der Waals surface area contributed by atoms with Gasteiger partial charge in [0.2, 0.25) is 0 Å². The Bertz CT molecular complexity index is 336. The number of anilines is 1. The molecule has 17 heavy (non-hydrogen) atoms. The number of nitrogens with two attached hydrogens (primary N) is 1. The molecule has 3 nitrogen and oxygen atoms in total. The van der Waals surface area contributed by atoms with Crippen LogP contribution in [0.5, 0.6) is 5.75 Å². The molecule has 1 rings (SSSR count). The first-order valence-corrected chi connectivity index (χ1v) is 6.30. The number of hydrogen-bond donors (Lipinski definition) is 1. The van der Waals surface area contributed by atoms with Crippen LogP contribution in [-0.4, -0.2) is 31.1 Å². The Hall–Kier alpha value is -1.22. The molecule has 1 aromatic rings. The van der Waals surface area contributed by atoms with E-state index in [1.54, 1.807) is 0 Å². The maximum Gasteiger partial charge on any atom is 0.125 e. The van der Waals surface area contributed by atoms with Gasteiger partial charge in [0.1, 0.15) is 12.4 Å². The summed E-state index contributed by atoms with van der Waals surface area (Å²) in [4.78, 5) is 2.35. The molecule has 0 aliphatic rings. The van der Waals surface area contributed by atoms with E-state index in [0.29, 0.717) is 0 Å². The number of aryl methyl sites for hydroxylation is 2. The number of hydrogen-bond acceptors (Lipinski definition) is 3. The third kappa shape index (κ3) is 3.93. The van der Waals surface area contributed by atoms with Gasteiger partial charge >= 0.3 is 0 Å². The van der Waals surface area contributed by atoms with Crippen LogP contribution in [0.3, 0.4) is 0 Å². The lowest BCUT2D eigenvalue weighted by molar-refractivity contribution is 0.221. The summed E-state index contributed by atoms with van der Waals surface area (Å²) in [5, 5.41) is 0. The summed E-state index contributed by atoms with van der Waals surface area (Å²) in [6.07, 6.45) is 0. The van der Waals surface area contributed by atoms with Gasteiger partial charge in [0.05, 0.1) is 0 Å². The van der Waals surface area contributed by atoms with Crippen molar-refractivity contribution in [3.63, 3.8) is 0 Å². The van der Waals surface area contributed by atoms with Gasteiger partial charge in [-0.2, -0.15) is 0 Å². The van der Waals surface area contributed by atoms with Crippen LogP contribution in [-0.2, 0) is 0 Å². The molecular formula is C14H24N2O. The topological polar surface area (TPSA) is 38.5 Å². The van der Waals surface area contributed by atoms with E-state index in [4.69, 9.17) is 10.5 Å². The average Bonchev–Trinajstić information content (AvgIpc) is 2.27. The lowest BCUT2D eigenvalue weighted by Crippen LogP contribution is -2.28. The number of rotatable bonds is 6. The van der Waals surface area contributed by atoms with Crippen molar-refractivity contribution in [1.29, 1.82) is 0 Å². The molecule has 2 N–H and O–H groups in total. The van der Waals surface area contributed by atoms with Crippen molar-refractivity contribution in [3.8, 4) is 5.75 Å². The fourth-order valence-electron chi connectivity index (χ4n) is 2.03. The molecule has 96 valence electrons. The lowest BCUT2D eigenvalue weighted by Gasteiger charge is -2.19. The molecule has 0 saturated heterocycles. The van der Waals surface area contributed by atoms with Crippen LogP contribution in [0.4, 0.5) is 5.69 Å². The van der Waals surface area contributed by atoms with Gasteiger partial charge in [0, 0.05) is 12.2 Å². The molecule has 0 aliphatic carbocycles. The Labute approximate surface area is 105 Å². The zero-order valence-electron chi connectivity index (χ0n) is 11.4. The molecule has 0 saturated carbocycles. The quantitative estimate of drug-likeness (QED) is 0.772. The Balaban J connectivity index is 2.58. The van der Waals surface area contributed by atoms with E-state index in [1.807, 2.05) is 26.0 Å². The summed E-state index contributed by atoms with van der Waals surface area (Å²) in [5.74, 6) is 0.978. The highest BCUT2D eigenvalue weighted by atomic mass is 16.5. The van der Waals surface area contributed by atoms with E-state index in [1.165, 1.54) is 0 Å². The van der Waals surface area contributed by atoms with Gasteiger partial charge in [-0.15, -0.1) is 0 Å². The van der Waals surface area contributed by atoms with Crippen molar-refractivity contribution >= 4 is 5.69 Å². The van der Waals surface area contributed by atoms with Crippen LogP contribution in [0.1, 0.15) is 25.0 Å². The van der Waals surface area contributed by atoms with Gasteiger partial charge in [-0.25, -0.2) is 0 Å². The second-order valence-electron chi connectivity index (χ2n) is 4.36. The molecule has 1 aromatic carbocycles. The number of benzene rings is 1. The van der Waals surface area contributed by atoms with Crippen LogP contribution >= 0.6 is 0 Å². The molecule has 0 spiro atoms. The molecule has 0 atom stereocenters. The minimum absolute atomic E-state index is 0.729. The second-order valence-corrected chi connectivity index (χ2v) is 4.36. The third-order valence-corrected chi connectivity index (χ3v) is 3.03. The van der Waals surface area contributed by atoms with Gasteiger partial charge in [0.25, 0.3) is 0 Å². The predicted molar refractivity (Wildman–Crippen MR) is 73.6 cm³/mol. The molecule has 0 amide bonds. The highest BCUT2D eigenvalue weighted by molar-refractivity contribution is 5.52. The van der Waals surface area contributed by atoms with E-state index in [9.17, 15) is 0 Å². The van der Waals surface area contributed by atoms with Crippen LogP contribution < -0.4 is 10.5 Å². The molecule has 0 radical (unpaired) electrons. The van der Waals surface area contributed by atoms with Crippen LogP contribution in [0.25, 0.3) is 0 Å². The highest BCUT2D eigenvalue weighted by Crippen LogP contribution is 2.25. The van der Waals surface area contributed by atoms with Crippen molar-refractivity contribution in [1.82, 2.24) is 4.90 Å². The van der Waals surface area contributed by atoms with Gasteiger partial charge < -0.3 is 15.4 Å². The van der Waals surface area contributed by atoms with Crippen molar-refractivity contribution in [2.24, 2.45) is 0 Å². The molecule has 0 aromatic heterocycles. The van der Waals surface area contributed by atoms with Crippen LogP contribution in [0, 0.1) is 13.8 Å². The van der Waals surface area contributed by atoms with E-state index in [2.05, 4.69) is 18.7 Å². The summed E-state index contributed by atoms with van der Waals surface area (Å²) < 4.78 is 5.86. The SMILES string of the molecule is CCN(CC)CCOc1c(C)cc(N)cc1C. The number of nitrogen functional groups attached to an aromatic ring is 1. The Morgan fingerprint density at radius 3 is 2.12 bits per heavy atom. The molecular weight excluding hydrogens is 212 g/mol. The summed E-state index contributed by atoms with van der Waals surface area (Å²) in [6.45, 7) is 12.3. The van der Waals surface area contributed by atoms with E-state index >= 15 is 0 Å². The maximum absolute atomic E-state index is 5.86. The lowest BCUT2D eigenvalue weighted by atomic mass is 10.1. The summed E-state index contributed by atoms with van der Waals surface area (Å²) in [7, 11) is 0. The number of likely N-dealkylation sites (N-methyl/N-ethyl adjacent to an activating group) is 1. The molecule has 0 aliphatic heterocycles. The molecule has 0 heterocycles. The highest BCUT2D eigenvalue weighted by Gasteiger charge is 2.06. The normalized spacial score (nSPS) is 10.9. The van der Waals surface area contributed by atoms with Gasteiger partial charge in [-0.3, -0.25) is 0 Å². The predicted octanol–water partition coefficient (Wildman–Crippen LogP) is 2.61. The maximum atomic E-state index is 5.86. The minimum Gasteiger partial charge on any atom is -0.492 e. The standard InChI is InChI=1S/C14H24N2O/c1-5-16(6-2)7-8-17-14-11(3)9-13(15)10-12(14)4/h9-10H,5-8,15H2,1-4H3. The average molecular weight is 236 g/mol. The van der Waals surface area contributed by atoms with Gasteiger partial charge in [0.15, 0.2) is 0 Å². The van der Waals surface area contributed by atoms with Gasteiger partial charge in [-0.05, 0) is 50.2 Å². The zero-order chi connectivity index (χ0) is 12.8. The van der Waals surface area contributed by atoms with Gasteiger partial charge in [-0.1, -0.05) is 13.8 Å². The molecule has 0 unspecified atom stereocenters. The van der Waals surface area contributed by atoms with E-state index in [0.717, 1.165) is 48.8 Å². The first-order valence-electron chi connectivity index (χ1n) is 6.30. The van der Waals surface area contributed by atoms with Crippen molar-refractivity contribution in [2.45, 2.75) is 27.7 Å².